The van der Waals surface area contributed by atoms with Crippen LogP contribution in [0.2, 0.25) is 0 Å². The zero-order valence-electron chi connectivity index (χ0n) is 29.9. The van der Waals surface area contributed by atoms with E-state index in [2.05, 4.69) is 125 Å². The van der Waals surface area contributed by atoms with Crippen LogP contribution in [0.5, 0.6) is 0 Å². The highest BCUT2D eigenvalue weighted by Gasteiger charge is 2.22. The fourth-order valence-corrected chi connectivity index (χ4v) is 7.65. The molecule has 0 aliphatic heterocycles. The highest BCUT2D eigenvalue weighted by molar-refractivity contribution is 6.08. The number of fused-ring (bicyclic) bond motifs is 3. The second kappa shape index (κ2) is 13.9. The molecule has 10 rings (SSSR count). The summed E-state index contributed by atoms with van der Waals surface area (Å²) in [6.45, 7) is 0. The number of aromatic nitrogens is 6. The number of allylic oxidation sites excluding steroid dienone is 4. The highest BCUT2D eigenvalue weighted by Crippen LogP contribution is 2.41. The molecular formula is C49H34N6. The van der Waals surface area contributed by atoms with E-state index < -0.39 is 0 Å². The van der Waals surface area contributed by atoms with Crippen molar-refractivity contribution in [1.82, 2.24) is 29.5 Å². The first-order chi connectivity index (χ1) is 27.2. The van der Waals surface area contributed by atoms with E-state index >= 15 is 0 Å². The zero-order valence-corrected chi connectivity index (χ0v) is 29.9. The molecule has 9 aromatic rings. The van der Waals surface area contributed by atoms with E-state index in [0.29, 0.717) is 23.2 Å². The molecule has 0 saturated heterocycles. The number of pyridine rings is 2. The van der Waals surface area contributed by atoms with Crippen LogP contribution in [-0.4, -0.2) is 29.5 Å². The molecule has 4 aromatic heterocycles. The Morgan fingerprint density at radius 1 is 0.509 bits per heavy atom. The molecule has 1 unspecified atom stereocenters. The van der Waals surface area contributed by atoms with E-state index in [4.69, 9.17) is 19.9 Å². The fourth-order valence-electron chi connectivity index (χ4n) is 7.65. The summed E-state index contributed by atoms with van der Waals surface area (Å²) in [5, 5.41) is 3.79. The quantitative estimate of drug-likeness (QED) is 0.165. The number of nitrogens with zero attached hydrogens (tertiary/aromatic N) is 6. The van der Waals surface area contributed by atoms with E-state index in [1.807, 2.05) is 60.7 Å². The molecule has 0 spiro atoms. The summed E-state index contributed by atoms with van der Waals surface area (Å²) in [6.07, 6.45) is 13.5. The molecule has 0 amide bonds. The Bertz CT molecular complexity index is 2840. The van der Waals surface area contributed by atoms with Gasteiger partial charge in [0.05, 0.1) is 11.2 Å². The molecule has 0 radical (unpaired) electrons. The Hall–Kier alpha value is -7.31. The fraction of sp³-hybridized carbons (Fsp3) is 0.0408. The van der Waals surface area contributed by atoms with Gasteiger partial charge in [-0.05, 0) is 71.0 Å². The molecule has 4 heterocycles. The van der Waals surface area contributed by atoms with Crippen LogP contribution >= 0.6 is 0 Å². The molecule has 0 saturated carbocycles. The molecule has 1 aliphatic carbocycles. The van der Waals surface area contributed by atoms with Gasteiger partial charge in [0, 0.05) is 57.7 Å². The van der Waals surface area contributed by atoms with Crippen molar-refractivity contribution in [2.24, 2.45) is 0 Å². The minimum absolute atomic E-state index is 0.218. The minimum Gasteiger partial charge on any atom is -0.316 e. The van der Waals surface area contributed by atoms with Crippen LogP contribution in [0.4, 0.5) is 0 Å². The van der Waals surface area contributed by atoms with Crippen molar-refractivity contribution in [2.75, 3.05) is 0 Å². The topological polar surface area (TPSA) is 69.4 Å². The summed E-state index contributed by atoms with van der Waals surface area (Å²) in [4.78, 5) is 23.9. The SMILES string of the molecule is C1=CC(c2cn(-c3ccccc3)c3c2ccc2ccccc23)CC(c2cccc(-c3cccc(-c4nc(-c5ccccc5)nc(-c5ccncc5)n4)n3)c2)=C1. The molecular weight excluding hydrogens is 673 g/mol. The zero-order chi connectivity index (χ0) is 36.6. The molecule has 5 aromatic carbocycles. The third-order valence-corrected chi connectivity index (χ3v) is 10.3. The normalized spacial score (nSPS) is 14.0. The summed E-state index contributed by atoms with van der Waals surface area (Å²) in [7, 11) is 0. The molecule has 55 heavy (non-hydrogen) atoms. The molecule has 0 N–H and O–H groups in total. The average Bonchev–Trinajstić information content (AvgIpc) is 3.68. The smallest absolute Gasteiger partial charge is 0.182 e. The summed E-state index contributed by atoms with van der Waals surface area (Å²) in [5.41, 5.74) is 10.6. The van der Waals surface area contributed by atoms with Crippen molar-refractivity contribution < 1.29 is 0 Å². The van der Waals surface area contributed by atoms with Crippen LogP contribution in [0.3, 0.4) is 0 Å². The maximum Gasteiger partial charge on any atom is 0.182 e. The number of para-hydroxylation sites is 1. The van der Waals surface area contributed by atoms with Crippen LogP contribution in [0.15, 0.2) is 188 Å². The molecule has 0 bridgehead atoms. The lowest BCUT2D eigenvalue weighted by molar-refractivity contribution is 0.870. The van der Waals surface area contributed by atoms with Crippen LogP contribution in [0.25, 0.3) is 78.5 Å². The van der Waals surface area contributed by atoms with Crippen LogP contribution in [-0.2, 0) is 0 Å². The van der Waals surface area contributed by atoms with Gasteiger partial charge in [0.25, 0.3) is 0 Å². The number of benzene rings is 5. The van der Waals surface area contributed by atoms with Gasteiger partial charge in [-0.25, -0.2) is 19.9 Å². The van der Waals surface area contributed by atoms with Gasteiger partial charge in [0.1, 0.15) is 5.69 Å². The number of rotatable bonds is 7. The lowest BCUT2D eigenvalue weighted by Gasteiger charge is -2.19. The van der Waals surface area contributed by atoms with Gasteiger partial charge >= 0.3 is 0 Å². The third-order valence-electron chi connectivity index (χ3n) is 10.3. The van der Waals surface area contributed by atoms with Crippen molar-refractivity contribution in [3.63, 3.8) is 0 Å². The van der Waals surface area contributed by atoms with Gasteiger partial charge in [-0.15, -0.1) is 0 Å². The largest absolute Gasteiger partial charge is 0.316 e. The van der Waals surface area contributed by atoms with Gasteiger partial charge < -0.3 is 4.57 Å². The Kier molecular flexibility index (Phi) is 8.18. The highest BCUT2D eigenvalue weighted by atomic mass is 15.0. The molecule has 1 aliphatic rings. The minimum atomic E-state index is 0.218. The van der Waals surface area contributed by atoms with E-state index in [-0.39, 0.29) is 5.92 Å². The summed E-state index contributed by atoms with van der Waals surface area (Å²) >= 11 is 0. The van der Waals surface area contributed by atoms with Gasteiger partial charge in [-0.1, -0.05) is 127 Å². The van der Waals surface area contributed by atoms with Crippen molar-refractivity contribution in [3.8, 4) is 51.2 Å². The molecule has 0 fully saturated rings. The number of hydrogen-bond donors (Lipinski definition) is 0. The average molecular weight is 707 g/mol. The number of hydrogen-bond acceptors (Lipinski definition) is 5. The second-order valence-electron chi connectivity index (χ2n) is 13.8. The van der Waals surface area contributed by atoms with Crippen LogP contribution in [0.1, 0.15) is 23.5 Å². The van der Waals surface area contributed by atoms with E-state index in [1.54, 1.807) is 12.4 Å². The van der Waals surface area contributed by atoms with Crippen molar-refractivity contribution >= 4 is 27.2 Å². The summed E-state index contributed by atoms with van der Waals surface area (Å²) < 4.78 is 2.37. The van der Waals surface area contributed by atoms with E-state index in [0.717, 1.165) is 34.5 Å². The second-order valence-corrected chi connectivity index (χ2v) is 13.8. The predicted octanol–water partition coefficient (Wildman–Crippen LogP) is 11.6. The van der Waals surface area contributed by atoms with E-state index in [9.17, 15) is 0 Å². The lowest BCUT2D eigenvalue weighted by atomic mass is 9.85. The van der Waals surface area contributed by atoms with E-state index in [1.165, 1.54) is 38.4 Å². The molecule has 6 nitrogen and oxygen atoms in total. The maximum atomic E-state index is 5.12. The lowest BCUT2D eigenvalue weighted by Crippen LogP contribution is -2.02. The first kappa shape index (κ1) is 32.3. The van der Waals surface area contributed by atoms with Crippen molar-refractivity contribution in [3.05, 3.63) is 200 Å². The first-order valence-corrected chi connectivity index (χ1v) is 18.5. The molecule has 1 atom stereocenters. The van der Waals surface area contributed by atoms with Crippen LogP contribution < -0.4 is 0 Å². The van der Waals surface area contributed by atoms with Gasteiger partial charge in [-0.2, -0.15) is 0 Å². The summed E-state index contributed by atoms with van der Waals surface area (Å²) in [5.74, 6) is 1.91. The van der Waals surface area contributed by atoms with Crippen molar-refractivity contribution in [2.45, 2.75) is 12.3 Å². The summed E-state index contributed by atoms with van der Waals surface area (Å²) in [6, 6.07) is 52.4. The van der Waals surface area contributed by atoms with Gasteiger partial charge in [0.2, 0.25) is 0 Å². The van der Waals surface area contributed by atoms with Crippen LogP contribution in [0, 0.1) is 0 Å². The molecule has 6 heteroatoms. The van der Waals surface area contributed by atoms with Crippen molar-refractivity contribution in [1.29, 1.82) is 0 Å². The Morgan fingerprint density at radius 2 is 1.18 bits per heavy atom. The third kappa shape index (κ3) is 6.19. The monoisotopic (exact) mass is 706 g/mol. The predicted molar refractivity (Wildman–Crippen MR) is 222 cm³/mol. The standard InChI is InChI=1S/C49H34N6/c1-3-13-34(14-4-1)47-52-48(35-26-28-50-29-27-35)54-49(53-47)45-23-11-22-44(51-45)39-18-10-16-37(31-39)36-15-9-17-38(30-36)43-32-55(40-19-5-2-6-20-40)46-41-21-8-7-12-33(41)24-25-42(43)46/h1-29,31-32,38H,30H2. The Balaban J connectivity index is 0.991. The Morgan fingerprint density at radius 3 is 2.02 bits per heavy atom. The van der Waals surface area contributed by atoms with Gasteiger partial charge in [0.15, 0.2) is 17.5 Å². The maximum absolute atomic E-state index is 5.12. The first-order valence-electron chi connectivity index (χ1n) is 18.5. The Labute approximate surface area is 318 Å². The molecule has 260 valence electrons. The van der Waals surface area contributed by atoms with Gasteiger partial charge in [-0.3, -0.25) is 4.98 Å².